The molecule has 6 atom stereocenters. The molecule has 3 saturated carbocycles. The molecule has 3 aliphatic carbocycles. The molecule has 1 saturated heterocycles. The first-order valence-electron chi connectivity index (χ1n) is 5.19. The van der Waals surface area contributed by atoms with Crippen molar-refractivity contribution in [1.82, 2.24) is 0 Å². The lowest BCUT2D eigenvalue weighted by molar-refractivity contribution is -0.169. The predicted octanol–water partition coefficient (Wildman–Crippen LogP) is 1.45. The average molecular weight is 200 g/mol. The van der Waals surface area contributed by atoms with E-state index in [0.717, 1.165) is 6.42 Å². The van der Waals surface area contributed by atoms with Gasteiger partial charge in [0.1, 0.15) is 0 Å². The quantitative estimate of drug-likeness (QED) is 0.553. The number of hydrogen-bond donors (Lipinski definition) is 0. The third kappa shape index (κ3) is 0.540. The van der Waals surface area contributed by atoms with Crippen molar-refractivity contribution >= 4 is 5.97 Å². The minimum absolute atomic E-state index is 0.0662. The Morgan fingerprint density at radius 1 is 1.36 bits per heavy atom. The lowest BCUT2D eigenvalue weighted by Crippen LogP contribution is -2.36. The number of halogens is 2. The van der Waals surface area contributed by atoms with Crippen LogP contribution in [0.15, 0.2) is 0 Å². The van der Waals surface area contributed by atoms with Crippen LogP contribution in [0.25, 0.3) is 0 Å². The number of fused-ring (bicyclic) bond motifs is 2. The number of alkyl halides is 2. The van der Waals surface area contributed by atoms with Gasteiger partial charge in [-0.15, -0.1) is 0 Å². The van der Waals surface area contributed by atoms with E-state index in [2.05, 4.69) is 0 Å². The predicted molar refractivity (Wildman–Crippen MR) is 41.5 cm³/mol. The summed E-state index contributed by atoms with van der Waals surface area (Å²) < 4.78 is 32.4. The third-order valence-corrected chi connectivity index (χ3v) is 4.80. The van der Waals surface area contributed by atoms with Crippen LogP contribution in [0.5, 0.6) is 0 Å². The summed E-state index contributed by atoms with van der Waals surface area (Å²) in [5, 5.41) is 0. The van der Waals surface area contributed by atoms with Crippen molar-refractivity contribution in [3.63, 3.8) is 0 Å². The first-order valence-corrected chi connectivity index (χ1v) is 5.19. The van der Waals surface area contributed by atoms with Gasteiger partial charge in [-0.1, -0.05) is 0 Å². The maximum absolute atomic E-state index is 13.8. The highest BCUT2D eigenvalue weighted by Crippen LogP contribution is 2.70. The Morgan fingerprint density at radius 3 is 2.93 bits per heavy atom. The molecule has 0 aromatic rings. The smallest absolute Gasteiger partial charge is 0.310 e. The number of hydrogen-bond acceptors (Lipinski definition) is 2. The van der Waals surface area contributed by atoms with Crippen LogP contribution in [-0.2, 0) is 9.53 Å². The fourth-order valence-electron chi connectivity index (χ4n) is 4.44. The van der Waals surface area contributed by atoms with E-state index in [0.29, 0.717) is 6.42 Å². The number of esters is 1. The van der Waals surface area contributed by atoms with Crippen LogP contribution in [0.1, 0.15) is 12.8 Å². The van der Waals surface area contributed by atoms with Crippen molar-refractivity contribution in [3.05, 3.63) is 0 Å². The second kappa shape index (κ2) is 1.84. The van der Waals surface area contributed by atoms with Gasteiger partial charge in [0.2, 0.25) is 0 Å². The van der Waals surface area contributed by atoms with Crippen LogP contribution in [0.4, 0.5) is 8.78 Å². The van der Waals surface area contributed by atoms with Crippen LogP contribution >= 0.6 is 0 Å². The SMILES string of the molecule is O=C1OC2C3C4CC(CC4C2(F)F)C13. The summed E-state index contributed by atoms with van der Waals surface area (Å²) in [5.41, 5.74) is 0. The van der Waals surface area contributed by atoms with Gasteiger partial charge in [-0.2, -0.15) is 0 Å². The second-order valence-corrected chi connectivity index (χ2v) is 5.14. The van der Waals surface area contributed by atoms with Gasteiger partial charge >= 0.3 is 5.97 Å². The fraction of sp³-hybridized carbons (Fsp3) is 0.900. The summed E-state index contributed by atoms with van der Waals surface area (Å²) in [4.78, 5) is 11.4. The molecule has 4 heteroatoms. The van der Waals surface area contributed by atoms with Gasteiger partial charge in [0.15, 0.2) is 6.10 Å². The van der Waals surface area contributed by atoms with E-state index >= 15 is 0 Å². The van der Waals surface area contributed by atoms with E-state index in [1.807, 2.05) is 0 Å². The average Bonchev–Trinajstić information content (AvgIpc) is 2.75. The highest BCUT2D eigenvalue weighted by molar-refractivity contribution is 5.77. The maximum atomic E-state index is 13.8. The number of carbonyl (C=O) groups excluding carboxylic acids is 1. The summed E-state index contributed by atoms with van der Waals surface area (Å²) in [7, 11) is 0. The topological polar surface area (TPSA) is 26.3 Å². The fourth-order valence-corrected chi connectivity index (χ4v) is 4.44. The Labute approximate surface area is 79.6 Å². The van der Waals surface area contributed by atoms with E-state index in [4.69, 9.17) is 4.74 Å². The molecule has 0 radical (unpaired) electrons. The minimum atomic E-state index is -2.75. The van der Waals surface area contributed by atoms with Crippen LogP contribution in [-0.4, -0.2) is 18.0 Å². The van der Waals surface area contributed by atoms with Crippen LogP contribution in [0, 0.1) is 29.6 Å². The van der Waals surface area contributed by atoms with Crippen LogP contribution in [0.2, 0.25) is 0 Å². The summed E-state index contributed by atoms with van der Waals surface area (Å²) in [6.45, 7) is 0. The molecule has 6 unspecified atom stereocenters. The monoisotopic (exact) mass is 200 g/mol. The van der Waals surface area contributed by atoms with E-state index in [9.17, 15) is 13.6 Å². The molecule has 0 spiro atoms. The van der Waals surface area contributed by atoms with Crippen molar-refractivity contribution in [1.29, 1.82) is 0 Å². The Morgan fingerprint density at radius 2 is 2.14 bits per heavy atom. The van der Waals surface area contributed by atoms with Gasteiger partial charge in [-0.25, -0.2) is 8.78 Å². The van der Waals surface area contributed by atoms with Crippen molar-refractivity contribution in [2.24, 2.45) is 29.6 Å². The molecule has 0 N–H and O–H groups in total. The van der Waals surface area contributed by atoms with Gasteiger partial charge < -0.3 is 4.74 Å². The first-order chi connectivity index (χ1) is 6.60. The van der Waals surface area contributed by atoms with E-state index < -0.39 is 17.9 Å². The Kier molecular flexibility index (Phi) is 0.999. The zero-order valence-electron chi connectivity index (χ0n) is 7.45. The highest BCUT2D eigenvalue weighted by atomic mass is 19.3. The Bertz CT molecular complexity index is 341. The lowest BCUT2D eigenvalue weighted by Gasteiger charge is -2.25. The van der Waals surface area contributed by atoms with Crippen molar-refractivity contribution in [2.75, 3.05) is 0 Å². The maximum Gasteiger partial charge on any atom is 0.310 e. The van der Waals surface area contributed by atoms with Gasteiger partial charge in [-0.05, 0) is 24.7 Å². The van der Waals surface area contributed by atoms with E-state index in [1.54, 1.807) is 0 Å². The molecule has 2 nitrogen and oxygen atoms in total. The van der Waals surface area contributed by atoms with Crippen molar-refractivity contribution < 1.29 is 18.3 Å². The van der Waals surface area contributed by atoms with Gasteiger partial charge in [0.25, 0.3) is 5.92 Å². The van der Waals surface area contributed by atoms with Gasteiger partial charge in [-0.3, -0.25) is 4.79 Å². The Hall–Kier alpha value is -0.670. The molecule has 0 aromatic heterocycles. The molecule has 76 valence electrons. The van der Waals surface area contributed by atoms with Crippen molar-refractivity contribution in [3.8, 4) is 0 Å². The molecule has 0 aromatic carbocycles. The molecule has 1 heterocycles. The minimum Gasteiger partial charge on any atom is -0.455 e. The lowest BCUT2D eigenvalue weighted by atomic mass is 9.81. The molecule has 14 heavy (non-hydrogen) atoms. The van der Waals surface area contributed by atoms with Gasteiger partial charge in [0.05, 0.1) is 5.92 Å². The molecular formula is C10H10F2O2. The number of rotatable bonds is 0. The zero-order valence-corrected chi connectivity index (χ0v) is 7.45. The summed E-state index contributed by atoms with van der Waals surface area (Å²) in [5.74, 6) is -3.67. The largest absolute Gasteiger partial charge is 0.455 e. The van der Waals surface area contributed by atoms with Gasteiger partial charge in [0, 0.05) is 11.8 Å². The summed E-state index contributed by atoms with van der Waals surface area (Å²) >= 11 is 0. The molecule has 4 aliphatic rings. The highest BCUT2D eigenvalue weighted by Gasteiger charge is 2.77. The Balaban J connectivity index is 1.92. The molecule has 1 aliphatic heterocycles. The molecule has 4 fully saturated rings. The van der Waals surface area contributed by atoms with E-state index in [1.165, 1.54) is 0 Å². The number of carbonyl (C=O) groups is 1. The number of ether oxygens (including phenoxy) is 1. The normalized spacial score (nSPS) is 60.9. The first kappa shape index (κ1) is 7.60. The summed E-state index contributed by atoms with van der Waals surface area (Å²) in [6, 6.07) is 0. The zero-order chi connectivity index (χ0) is 9.66. The van der Waals surface area contributed by atoms with Crippen molar-refractivity contribution in [2.45, 2.75) is 24.9 Å². The summed E-state index contributed by atoms with van der Waals surface area (Å²) in [6.07, 6.45) is 0.300. The molecule has 0 amide bonds. The third-order valence-electron chi connectivity index (χ3n) is 4.80. The molecular weight excluding hydrogens is 190 g/mol. The standard InChI is InChI=1S/C10H10F2O2/c11-10(12)5-2-3-1-4(5)7-6(3)9(13)14-8(7)10/h3-8H,1-2H2. The van der Waals surface area contributed by atoms with E-state index in [-0.39, 0.29) is 29.6 Å². The molecule has 2 bridgehead atoms. The van der Waals surface area contributed by atoms with Crippen LogP contribution in [0.3, 0.4) is 0 Å². The second-order valence-electron chi connectivity index (χ2n) is 5.14. The molecule has 4 rings (SSSR count). The van der Waals surface area contributed by atoms with Crippen LogP contribution < -0.4 is 0 Å².